The van der Waals surface area contributed by atoms with Crippen LogP contribution >= 0.6 is 0 Å². The van der Waals surface area contributed by atoms with E-state index in [1.165, 1.54) is 50.6 Å². The van der Waals surface area contributed by atoms with Crippen molar-refractivity contribution >= 4 is 35.6 Å². The molecule has 284 valence electrons. The maximum atomic E-state index is 12.2. The molecule has 0 fully saturated rings. The number of hydrogen-bond donors (Lipinski definition) is 2. The fourth-order valence-corrected chi connectivity index (χ4v) is 5.29. The zero-order valence-electron chi connectivity index (χ0n) is 25.3. The first-order valence-electron chi connectivity index (χ1n) is 13.2. The van der Waals surface area contributed by atoms with Crippen molar-refractivity contribution in [3.05, 3.63) is 36.3 Å². The van der Waals surface area contributed by atoms with Gasteiger partial charge in [-0.05, 0) is 18.9 Å². The molecule has 0 atom stereocenters. The molecule has 0 spiro atoms. The number of aryl methyl sites for hydroxylation is 3. The van der Waals surface area contributed by atoms with Crippen LogP contribution in [0.2, 0.25) is 0 Å². The van der Waals surface area contributed by atoms with Crippen LogP contribution < -0.4 is 13.9 Å². The molecule has 2 heterocycles. The number of rotatable bonds is 10. The molecule has 2 N–H and O–H groups in total. The molecule has 0 unspecified atom stereocenters. The molecule has 2 aromatic rings. The summed E-state index contributed by atoms with van der Waals surface area (Å²) >= 11 is 0. The zero-order chi connectivity index (χ0) is 38.9. The van der Waals surface area contributed by atoms with E-state index >= 15 is 0 Å². The van der Waals surface area contributed by atoms with Gasteiger partial charge in [0.2, 0.25) is 0 Å². The number of hydrogen-bond acceptors (Lipinski definition) is 7. The van der Waals surface area contributed by atoms with Crippen LogP contribution in [0.4, 0.5) is 52.7 Å². The molecule has 2 aromatic heterocycles. The van der Waals surface area contributed by atoms with Gasteiger partial charge in [0.25, 0.3) is 5.03 Å². The van der Waals surface area contributed by atoms with Crippen molar-refractivity contribution in [2.45, 2.75) is 91.8 Å². The summed E-state index contributed by atoms with van der Waals surface area (Å²) < 4.78 is 208. The van der Waals surface area contributed by atoms with Gasteiger partial charge in [-0.2, -0.15) is 61.1 Å². The van der Waals surface area contributed by atoms with E-state index in [0.717, 1.165) is 4.98 Å². The van der Waals surface area contributed by atoms with E-state index < -0.39 is 68.5 Å². The number of nitrogens with one attached hydrogen (secondary N) is 2. The first kappa shape index (κ1) is 45.8. The van der Waals surface area contributed by atoms with Gasteiger partial charge >= 0.3 is 63.5 Å². The fourth-order valence-electron chi connectivity index (χ4n) is 3.08. The molecule has 0 aliphatic rings. The predicted molar refractivity (Wildman–Crippen MR) is 142 cm³/mol. The molecule has 0 saturated carbocycles. The normalized spacial score (nSPS) is 13.1. The Kier molecular flexibility index (Phi) is 16.1. The van der Waals surface area contributed by atoms with Crippen molar-refractivity contribution in [1.82, 2.24) is 9.71 Å². The Bertz CT molecular complexity index is 1700. The van der Waals surface area contributed by atoms with Gasteiger partial charge in [-0.15, -0.1) is 0 Å². The summed E-state index contributed by atoms with van der Waals surface area (Å²) in [5.41, 5.74) is -16.2. The highest BCUT2D eigenvalue weighted by molar-refractivity contribution is 7.92. The molecule has 0 aromatic carbocycles. The number of halogens is 12. The van der Waals surface area contributed by atoms with Crippen molar-refractivity contribution < 1.29 is 91.9 Å². The lowest BCUT2D eigenvalue weighted by atomic mass is 10.1. The van der Waals surface area contributed by atoms with Crippen LogP contribution in [0.25, 0.3) is 0 Å². The number of aromatic amines is 1. The van der Waals surface area contributed by atoms with E-state index in [1.54, 1.807) is 0 Å². The lowest BCUT2D eigenvalue weighted by molar-refractivity contribution is -0.709. The first-order chi connectivity index (χ1) is 21.8. The van der Waals surface area contributed by atoms with Gasteiger partial charge in [0.1, 0.15) is 6.54 Å². The molecule has 0 bridgehead atoms. The Hall–Kier alpha value is -3.16. The first-order valence-corrected chi connectivity index (χ1v) is 17.6. The molecule has 0 radical (unpaired) electrons. The van der Waals surface area contributed by atoms with Gasteiger partial charge in [-0.3, -0.25) is 4.79 Å². The molecule has 0 aliphatic heterocycles. The van der Waals surface area contributed by atoms with Crippen LogP contribution in [-0.4, -0.2) is 58.8 Å². The topological polar surface area (TPSA) is 155 Å². The fraction of sp³-hybridized carbons (Fsp3) is 0.609. The molecule has 1 amide bonds. The highest BCUT2D eigenvalue weighted by Gasteiger charge is 2.56. The van der Waals surface area contributed by atoms with E-state index in [1.807, 2.05) is 0 Å². The average Bonchev–Trinajstić information content (AvgIpc) is 3.33. The Labute approximate surface area is 272 Å². The number of pyridine rings is 1. The van der Waals surface area contributed by atoms with E-state index in [2.05, 4.69) is 42.9 Å². The highest BCUT2D eigenvalue weighted by Crippen LogP contribution is 2.32. The Balaban J connectivity index is 0.000000721. The maximum absolute atomic E-state index is 12.2. The van der Waals surface area contributed by atoms with Crippen molar-refractivity contribution in [1.29, 1.82) is 0 Å². The predicted octanol–water partition coefficient (Wildman–Crippen LogP) is 4.58. The SMILES string of the molecule is CCCCCCCC[n+]1ccc(C)cc1.C[n+]1cc(S(=O)(=O)C(F)(F)F)[nH]c1S(=O)(=O)C(F)(F)F.O=C(NS(=O)(=O)C(F)(F)F)C(F)(F)F. The number of sulfone groups is 2. The van der Waals surface area contributed by atoms with Gasteiger partial charge < -0.3 is 0 Å². The summed E-state index contributed by atoms with van der Waals surface area (Å²) in [4.78, 5) is 10.9. The van der Waals surface area contributed by atoms with Gasteiger partial charge in [0.15, 0.2) is 18.6 Å². The minimum absolute atomic E-state index is 0.0848. The van der Waals surface area contributed by atoms with E-state index in [-0.39, 0.29) is 15.5 Å². The summed E-state index contributed by atoms with van der Waals surface area (Å²) in [5, 5.41) is -3.44. The Morgan fingerprint density at radius 1 is 0.735 bits per heavy atom. The third-order valence-corrected chi connectivity index (χ3v) is 9.60. The summed E-state index contributed by atoms with van der Waals surface area (Å²) in [6, 6.07) is 4.36. The van der Waals surface area contributed by atoms with Crippen molar-refractivity contribution in [3.8, 4) is 0 Å². The molecular formula is C23H30F12N4O7S3+2. The minimum Gasteiger partial charge on any atom is -0.263 e. The zero-order valence-corrected chi connectivity index (χ0v) is 27.8. The van der Waals surface area contributed by atoms with Crippen LogP contribution in [0.5, 0.6) is 0 Å². The number of amides is 1. The minimum atomic E-state index is -6.30. The average molecular weight is 799 g/mol. The van der Waals surface area contributed by atoms with Crippen molar-refractivity contribution in [2.24, 2.45) is 7.05 Å². The molecule has 26 heteroatoms. The van der Waals surface area contributed by atoms with E-state index in [4.69, 9.17) is 0 Å². The second kappa shape index (κ2) is 17.2. The Morgan fingerprint density at radius 3 is 1.59 bits per heavy atom. The number of nitrogens with zero attached hydrogens (tertiary/aromatic N) is 2. The monoisotopic (exact) mass is 798 g/mol. The number of imidazole rings is 1. The van der Waals surface area contributed by atoms with E-state index in [0.29, 0.717) is 7.05 Å². The molecular weight excluding hydrogens is 768 g/mol. The van der Waals surface area contributed by atoms with Gasteiger partial charge in [0, 0.05) is 18.6 Å². The summed E-state index contributed by atoms with van der Waals surface area (Å²) in [6.45, 7) is 5.57. The third kappa shape index (κ3) is 13.9. The van der Waals surface area contributed by atoms with E-state index in [9.17, 15) is 82.7 Å². The molecule has 0 aliphatic carbocycles. The lowest BCUT2D eigenvalue weighted by Crippen LogP contribution is -2.46. The van der Waals surface area contributed by atoms with Gasteiger partial charge in [0.05, 0.1) is 7.05 Å². The van der Waals surface area contributed by atoms with Gasteiger partial charge in [-0.25, -0.2) is 35.7 Å². The highest BCUT2D eigenvalue weighted by atomic mass is 32.2. The van der Waals surface area contributed by atoms with Crippen molar-refractivity contribution in [2.75, 3.05) is 0 Å². The molecule has 11 nitrogen and oxygen atoms in total. The van der Waals surface area contributed by atoms with Crippen LogP contribution in [0.3, 0.4) is 0 Å². The maximum Gasteiger partial charge on any atom is 0.516 e. The lowest BCUT2D eigenvalue weighted by Gasteiger charge is -2.10. The summed E-state index contributed by atoms with van der Waals surface area (Å²) in [6.07, 6.45) is 7.00. The van der Waals surface area contributed by atoms with Crippen LogP contribution in [0.1, 0.15) is 51.0 Å². The smallest absolute Gasteiger partial charge is 0.263 e. The van der Waals surface area contributed by atoms with Gasteiger partial charge in [-0.1, -0.05) is 32.6 Å². The second-order valence-corrected chi connectivity index (χ2v) is 15.1. The number of sulfonamides is 1. The number of aromatic nitrogens is 3. The number of alkyl halides is 12. The van der Waals surface area contributed by atoms with Crippen LogP contribution in [0.15, 0.2) is 40.9 Å². The summed E-state index contributed by atoms with van der Waals surface area (Å²) in [5.74, 6) is -3.20. The third-order valence-electron chi connectivity index (χ3n) is 5.63. The second-order valence-electron chi connectivity index (χ2n) is 9.69. The standard InChI is InChI=1S/C14H24N.C6H4F6N2O4S2.C3HF6NO3S/c1-3-4-5-6-7-8-11-15-12-9-14(2)10-13-15;1-14-2-3(19(15,16)5(7,8)9)13-4(14)20(17,18)6(10,11)12;4-2(5,6)1(11)10-14(12,13)3(7,8)9/h9-10,12-13H,3-8,11H2,1-2H3;2H,1H3;(H,10,11)/q+1;;/p+1. The van der Waals surface area contributed by atoms with Crippen LogP contribution in [0, 0.1) is 6.92 Å². The number of carbonyl (C=O) groups excluding carboxylic acids is 1. The quantitative estimate of drug-likeness (QED) is 0.203. The molecule has 0 saturated heterocycles. The number of unbranched alkanes of at least 4 members (excludes halogenated alkanes) is 5. The summed E-state index contributed by atoms with van der Waals surface area (Å²) in [7, 11) is -17.7. The van der Waals surface area contributed by atoms with Crippen molar-refractivity contribution in [3.63, 3.8) is 0 Å². The molecule has 49 heavy (non-hydrogen) atoms. The Morgan fingerprint density at radius 2 is 1.18 bits per heavy atom. The largest absolute Gasteiger partial charge is 0.516 e. The van der Waals surface area contributed by atoms with Crippen LogP contribution in [-0.2, 0) is 48.1 Å². The molecule has 2 rings (SSSR count). The number of H-pyrrole nitrogens is 1. The number of carbonyl (C=O) groups is 1.